The van der Waals surface area contributed by atoms with Gasteiger partial charge in [-0.2, -0.15) is 0 Å². The number of para-hydroxylation sites is 2. The van der Waals surface area contributed by atoms with Crippen LogP contribution in [0.1, 0.15) is 30.0 Å². The van der Waals surface area contributed by atoms with Gasteiger partial charge < -0.3 is 0 Å². The first-order valence-corrected chi connectivity index (χ1v) is 9.08. The predicted octanol–water partition coefficient (Wildman–Crippen LogP) is 3.49. The molecule has 0 N–H and O–H groups in total. The number of benzene rings is 2. The third-order valence-corrected chi connectivity index (χ3v) is 5.57. The van der Waals surface area contributed by atoms with Crippen LogP contribution in [0.4, 0.5) is 0 Å². The Labute approximate surface area is 148 Å². The molecule has 1 aliphatic heterocycles. The van der Waals surface area contributed by atoms with Gasteiger partial charge in [0.1, 0.15) is 0 Å². The lowest BCUT2D eigenvalue weighted by molar-refractivity contribution is 0.179. The van der Waals surface area contributed by atoms with Crippen molar-refractivity contribution in [1.29, 1.82) is 0 Å². The van der Waals surface area contributed by atoms with Crippen LogP contribution in [0.3, 0.4) is 0 Å². The molecule has 0 radical (unpaired) electrons. The zero-order valence-electron chi connectivity index (χ0n) is 15.0. The van der Waals surface area contributed by atoms with Gasteiger partial charge in [0.25, 0.3) is 0 Å². The van der Waals surface area contributed by atoms with Gasteiger partial charge in [0.15, 0.2) is 0 Å². The normalized spacial score (nSPS) is 16.6. The summed E-state index contributed by atoms with van der Waals surface area (Å²) in [4.78, 5) is 15.2. The Bertz CT molecular complexity index is 945. The first-order chi connectivity index (χ1) is 12.1. The molecule has 2 aromatic carbocycles. The molecule has 1 aromatic heterocycles. The van der Waals surface area contributed by atoms with Crippen LogP contribution in [0, 0.1) is 6.92 Å². The maximum absolute atomic E-state index is 12.7. The molecule has 0 saturated carbocycles. The van der Waals surface area contributed by atoms with Crippen molar-refractivity contribution in [2.24, 2.45) is 7.05 Å². The number of fused-ring (bicyclic) bond motifs is 1. The molecule has 0 spiro atoms. The summed E-state index contributed by atoms with van der Waals surface area (Å²) in [6.07, 6.45) is 2.06. The summed E-state index contributed by atoms with van der Waals surface area (Å²) in [7, 11) is 1.87. The summed E-state index contributed by atoms with van der Waals surface area (Å²) in [6.45, 7) is 5.25. The standard InChI is InChI=1S/C21H25N3O/c1-16-7-3-4-8-17(16)15-23-13-11-18(12-14-23)24-20-10-6-5-9-19(20)22(2)21(24)25/h3-10,18H,11-15H2,1-2H3. The summed E-state index contributed by atoms with van der Waals surface area (Å²) in [5.74, 6) is 0. The minimum atomic E-state index is 0.110. The van der Waals surface area contributed by atoms with Crippen molar-refractivity contribution in [2.75, 3.05) is 13.1 Å². The van der Waals surface area contributed by atoms with E-state index in [1.165, 1.54) is 11.1 Å². The molecule has 1 fully saturated rings. The first kappa shape index (κ1) is 16.2. The third kappa shape index (κ3) is 2.91. The average molecular weight is 335 g/mol. The molecule has 0 unspecified atom stereocenters. The quantitative estimate of drug-likeness (QED) is 0.733. The summed E-state index contributed by atoms with van der Waals surface area (Å²) in [5, 5.41) is 0. The predicted molar refractivity (Wildman–Crippen MR) is 102 cm³/mol. The van der Waals surface area contributed by atoms with Gasteiger partial charge in [-0.05, 0) is 43.0 Å². The van der Waals surface area contributed by atoms with Crippen molar-refractivity contribution in [3.05, 3.63) is 70.1 Å². The van der Waals surface area contributed by atoms with Crippen molar-refractivity contribution in [3.63, 3.8) is 0 Å². The maximum Gasteiger partial charge on any atom is 0.329 e. The molecular weight excluding hydrogens is 310 g/mol. The van der Waals surface area contributed by atoms with Crippen molar-refractivity contribution in [3.8, 4) is 0 Å². The van der Waals surface area contributed by atoms with Gasteiger partial charge in [-0.1, -0.05) is 36.4 Å². The molecule has 3 aromatic rings. The first-order valence-electron chi connectivity index (χ1n) is 9.08. The highest BCUT2D eigenvalue weighted by molar-refractivity contribution is 5.76. The van der Waals surface area contributed by atoms with E-state index in [-0.39, 0.29) is 5.69 Å². The minimum Gasteiger partial charge on any atom is -0.299 e. The van der Waals surface area contributed by atoms with Crippen LogP contribution in [-0.4, -0.2) is 27.1 Å². The molecule has 25 heavy (non-hydrogen) atoms. The maximum atomic E-state index is 12.7. The Morgan fingerprint density at radius 3 is 2.32 bits per heavy atom. The molecular formula is C21H25N3O. The molecule has 0 bridgehead atoms. The van der Waals surface area contributed by atoms with E-state index in [1.807, 2.05) is 29.8 Å². The molecule has 0 aliphatic carbocycles. The monoisotopic (exact) mass is 335 g/mol. The summed E-state index contributed by atoms with van der Waals surface area (Å²) in [6, 6.07) is 17.0. The van der Waals surface area contributed by atoms with E-state index in [0.29, 0.717) is 6.04 Å². The van der Waals surface area contributed by atoms with Gasteiger partial charge >= 0.3 is 5.69 Å². The number of likely N-dealkylation sites (tertiary alicyclic amines) is 1. The van der Waals surface area contributed by atoms with E-state index >= 15 is 0 Å². The second-order valence-corrected chi connectivity index (χ2v) is 7.13. The third-order valence-electron chi connectivity index (χ3n) is 5.57. The fourth-order valence-electron chi connectivity index (χ4n) is 4.04. The Morgan fingerprint density at radius 2 is 1.60 bits per heavy atom. The van der Waals surface area contributed by atoms with Gasteiger partial charge in [-0.25, -0.2) is 4.79 Å². The van der Waals surface area contributed by atoms with Gasteiger partial charge in [0.2, 0.25) is 0 Å². The van der Waals surface area contributed by atoms with Crippen molar-refractivity contribution < 1.29 is 0 Å². The van der Waals surface area contributed by atoms with Crippen LogP contribution in [0.2, 0.25) is 0 Å². The van der Waals surface area contributed by atoms with Crippen molar-refractivity contribution in [1.82, 2.24) is 14.0 Å². The second-order valence-electron chi connectivity index (χ2n) is 7.13. The number of hydrogen-bond donors (Lipinski definition) is 0. The number of nitrogens with zero attached hydrogens (tertiary/aromatic N) is 3. The Morgan fingerprint density at radius 1 is 0.960 bits per heavy atom. The van der Waals surface area contributed by atoms with Gasteiger partial charge in [-0.15, -0.1) is 0 Å². The smallest absolute Gasteiger partial charge is 0.299 e. The largest absolute Gasteiger partial charge is 0.329 e. The van der Waals surface area contributed by atoms with Crippen LogP contribution in [-0.2, 0) is 13.6 Å². The minimum absolute atomic E-state index is 0.110. The summed E-state index contributed by atoms with van der Waals surface area (Å²) < 4.78 is 3.79. The number of imidazole rings is 1. The van der Waals surface area contributed by atoms with E-state index in [2.05, 4.69) is 42.2 Å². The second kappa shape index (κ2) is 6.52. The van der Waals surface area contributed by atoms with Crippen LogP contribution < -0.4 is 5.69 Å². The zero-order chi connectivity index (χ0) is 17.4. The summed E-state index contributed by atoms with van der Waals surface area (Å²) in [5.41, 5.74) is 4.96. The number of piperidine rings is 1. The molecule has 130 valence electrons. The lowest BCUT2D eigenvalue weighted by Crippen LogP contribution is -2.37. The van der Waals surface area contributed by atoms with E-state index < -0.39 is 0 Å². The molecule has 1 saturated heterocycles. The van der Waals surface area contributed by atoms with Crippen molar-refractivity contribution >= 4 is 11.0 Å². The van der Waals surface area contributed by atoms with Gasteiger partial charge in [0.05, 0.1) is 11.0 Å². The number of aromatic nitrogens is 2. The van der Waals surface area contributed by atoms with E-state index in [1.54, 1.807) is 4.57 Å². The zero-order valence-corrected chi connectivity index (χ0v) is 15.0. The summed E-state index contributed by atoms with van der Waals surface area (Å²) >= 11 is 0. The topological polar surface area (TPSA) is 30.2 Å². The van der Waals surface area contributed by atoms with Crippen LogP contribution in [0.15, 0.2) is 53.3 Å². The lowest BCUT2D eigenvalue weighted by atomic mass is 10.0. The molecule has 4 rings (SSSR count). The van der Waals surface area contributed by atoms with Crippen LogP contribution in [0.5, 0.6) is 0 Å². The molecule has 4 heteroatoms. The Hall–Kier alpha value is -2.33. The van der Waals surface area contributed by atoms with Crippen molar-refractivity contribution in [2.45, 2.75) is 32.4 Å². The van der Waals surface area contributed by atoms with E-state index in [9.17, 15) is 4.79 Å². The average Bonchev–Trinajstić information content (AvgIpc) is 2.89. The molecule has 0 atom stereocenters. The van der Waals surface area contributed by atoms with E-state index in [4.69, 9.17) is 0 Å². The lowest BCUT2D eigenvalue weighted by Gasteiger charge is -2.32. The number of rotatable bonds is 3. The molecule has 1 aliphatic rings. The molecule has 4 nitrogen and oxygen atoms in total. The Balaban J connectivity index is 1.52. The highest BCUT2D eigenvalue weighted by Gasteiger charge is 2.24. The fourth-order valence-corrected chi connectivity index (χ4v) is 4.04. The SMILES string of the molecule is Cc1ccccc1CN1CCC(n2c(=O)n(C)c3ccccc32)CC1. The highest BCUT2D eigenvalue weighted by Crippen LogP contribution is 2.26. The molecule has 0 amide bonds. The molecule has 2 heterocycles. The Kier molecular flexibility index (Phi) is 4.22. The van der Waals surface area contributed by atoms with Gasteiger partial charge in [0, 0.05) is 32.7 Å². The van der Waals surface area contributed by atoms with Crippen LogP contribution in [0.25, 0.3) is 11.0 Å². The van der Waals surface area contributed by atoms with Gasteiger partial charge in [-0.3, -0.25) is 14.0 Å². The number of aryl methyl sites for hydroxylation is 2. The highest BCUT2D eigenvalue weighted by atomic mass is 16.1. The van der Waals surface area contributed by atoms with E-state index in [0.717, 1.165) is 43.5 Å². The fraction of sp³-hybridized carbons (Fsp3) is 0.381. The van der Waals surface area contributed by atoms with Crippen LogP contribution >= 0.6 is 0 Å². The number of hydrogen-bond acceptors (Lipinski definition) is 2.